The van der Waals surface area contributed by atoms with Crippen molar-refractivity contribution < 1.29 is 9.53 Å². The number of rotatable bonds is 6. The number of amides is 1. The van der Waals surface area contributed by atoms with Crippen LogP contribution in [0.1, 0.15) is 15.9 Å². The Morgan fingerprint density at radius 2 is 1.69 bits per heavy atom. The van der Waals surface area contributed by atoms with Gasteiger partial charge in [-0.15, -0.1) is 0 Å². The number of benzene rings is 3. The Bertz CT molecular complexity index is 1340. The molecule has 0 bridgehead atoms. The molecule has 2 heterocycles. The largest absolute Gasteiger partial charge is 0.497 e. The van der Waals surface area contributed by atoms with E-state index in [2.05, 4.69) is 29.2 Å². The number of hydrogen-bond donors (Lipinski definition) is 0. The fourth-order valence-corrected chi connectivity index (χ4v) is 4.49. The first-order valence-electron chi connectivity index (χ1n) is 12.0. The molecule has 35 heavy (non-hydrogen) atoms. The average molecular weight is 464 g/mol. The molecule has 0 aliphatic carbocycles. The van der Waals surface area contributed by atoms with E-state index < -0.39 is 0 Å². The zero-order valence-corrected chi connectivity index (χ0v) is 19.9. The maximum absolute atomic E-state index is 13.7. The number of aromatic nitrogens is 1. The van der Waals surface area contributed by atoms with Crippen LogP contribution in [-0.2, 0) is 0 Å². The fraction of sp³-hybridized carbons (Fsp3) is 0.200. The monoisotopic (exact) mass is 463 g/mol. The molecule has 1 aliphatic rings. The summed E-state index contributed by atoms with van der Waals surface area (Å²) in [5.74, 6) is 0.829. The third kappa shape index (κ3) is 5.26. The maximum atomic E-state index is 13.7. The summed E-state index contributed by atoms with van der Waals surface area (Å²) in [5, 5.41) is 0.886. The van der Waals surface area contributed by atoms with Crippen LogP contribution < -0.4 is 4.74 Å². The van der Waals surface area contributed by atoms with Crippen molar-refractivity contribution in [2.24, 2.45) is 0 Å². The molecule has 176 valence electrons. The lowest BCUT2D eigenvalue weighted by atomic mass is 10.0. The van der Waals surface area contributed by atoms with Gasteiger partial charge in [-0.3, -0.25) is 9.69 Å². The van der Waals surface area contributed by atoms with Gasteiger partial charge in [0.25, 0.3) is 5.91 Å². The number of piperazine rings is 1. The predicted molar refractivity (Wildman–Crippen MR) is 142 cm³/mol. The van der Waals surface area contributed by atoms with Gasteiger partial charge in [0.15, 0.2) is 0 Å². The average Bonchev–Trinajstić information content (AvgIpc) is 2.93. The van der Waals surface area contributed by atoms with Gasteiger partial charge >= 0.3 is 0 Å². The van der Waals surface area contributed by atoms with Crippen molar-refractivity contribution in [2.75, 3.05) is 39.8 Å². The lowest BCUT2D eigenvalue weighted by Crippen LogP contribution is -2.48. The zero-order valence-electron chi connectivity index (χ0n) is 19.9. The first-order chi connectivity index (χ1) is 17.2. The van der Waals surface area contributed by atoms with E-state index in [9.17, 15) is 4.79 Å². The smallest absolute Gasteiger partial charge is 0.254 e. The van der Waals surface area contributed by atoms with Crippen molar-refractivity contribution >= 4 is 22.9 Å². The van der Waals surface area contributed by atoms with Crippen molar-refractivity contribution in [3.63, 3.8) is 0 Å². The Labute approximate surface area is 206 Å². The number of fused-ring (bicyclic) bond motifs is 1. The van der Waals surface area contributed by atoms with Gasteiger partial charge in [-0.1, -0.05) is 72.8 Å². The minimum absolute atomic E-state index is 0.0622. The van der Waals surface area contributed by atoms with E-state index in [4.69, 9.17) is 9.72 Å². The standard InChI is InChI=1S/C30H29N3O2/c1-35-25-13-7-12-24(21-25)29-22-27(26-14-5-6-15-28(26)31-29)30(34)33-19-17-32(18-20-33)16-8-11-23-9-3-2-4-10-23/h2-15,21-22H,16-20H2,1H3. The Kier molecular flexibility index (Phi) is 6.87. The normalized spacial score (nSPS) is 14.5. The second-order valence-electron chi connectivity index (χ2n) is 8.71. The van der Waals surface area contributed by atoms with Gasteiger partial charge in [0.2, 0.25) is 0 Å². The maximum Gasteiger partial charge on any atom is 0.254 e. The number of carbonyl (C=O) groups is 1. The molecule has 5 rings (SSSR count). The highest BCUT2D eigenvalue weighted by Gasteiger charge is 2.24. The quantitative estimate of drug-likeness (QED) is 0.385. The Hall–Kier alpha value is -3.96. The van der Waals surface area contributed by atoms with Gasteiger partial charge in [0.05, 0.1) is 23.9 Å². The number of methoxy groups -OCH3 is 1. The lowest BCUT2D eigenvalue weighted by Gasteiger charge is -2.34. The van der Waals surface area contributed by atoms with Gasteiger partial charge in [-0.05, 0) is 29.8 Å². The van der Waals surface area contributed by atoms with E-state index in [-0.39, 0.29) is 5.91 Å². The molecule has 0 atom stereocenters. The molecule has 5 nitrogen and oxygen atoms in total. The van der Waals surface area contributed by atoms with Gasteiger partial charge in [0, 0.05) is 43.7 Å². The van der Waals surface area contributed by atoms with E-state index in [1.54, 1.807) is 7.11 Å². The molecular formula is C30H29N3O2. The molecule has 0 unspecified atom stereocenters. The summed E-state index contributed by atoms with van der Waals surface area (Å²) in [4.78, 5) is 22.9. The molecule has 5 heteroatoms. The molecule has 1 amide bonds. The summed E-state index contributed by atoms with van der Waals surface area (Å²) >= 11 is 0. The highest BCUT2D eigenvalue weighted by atomic mass is 16.5. The van der Waals surface area contributed by atoms with Crippen LogP contribution in [0.5, 0.6) is 5.75 Å². The summed E-state index contributed by atoms with van der Waals surface area (Å²) in [6, 6.07) is 27.9. The number of pyridine rings is 1. The summed E-state index contributed by atoms with van der Waals surface area (Å²) in [6.45, 7) is 4.02. The summed E-state index contributed by atoms with van der Waals surface area (Å²) in [7, 11) is 1.65. The van der Waals surface area contributed by atoms with Crippen LogP contribution in [0.25, 0.3) is 28.2 Å². The third-order valence-electron chi connectivity index (χ3n) is 6.45. The SMILES string of the molecule is COc1cccc(-c2cc(C(=O)N3CCN(CC=Cc4ccccc4)CC3)c3ccccc3n2)c1. The van der Waals surface area contributed by atoms with Crippen LogP contribution in [-0.4, -0.2) is 60.5 Å². The third-order valence-corrected chi connectivity index (χ3v) is 6.45. The van der Waals surface area contributed by atoms with Gasteiger partial charge in [-0.2, -0.15) is 0 Å². The van der Waals surface area contributed by atoms with Gasteiger partial charge in [0.1, 0.15) is 5.75 Å². The van der Waals surface area contributed by atoms with E-state index in [1.807, 2.05) is 77.7 Å². The van der Waals surface area contributed by atoms with Crippen molar-refractivity contribution in [1.82, 2.24) is 14.8 Å². The lowest BCUT2D eigenvalue weighted by molar-refractivity contribution is 0.0652. The summed E-state index contributed by atoms with van der Waals surface area (Å²) in [6.07, 6.45) is 4.35. The number of nitrogens with zero attached hydrogens (tertiary/aromatic N) is 3. The Morgan fingerprint density at radius 3 is 2.49 bits per heavy atom. The molecule has 0 radical (unpaired) electrons. The van der Waals surface area contributed by atoms with E-state index >= 15 is 0 Å². The van der Waals surface area contributed by atoms with Crippen molar-refractivity contribution in [2.45, 2.75) is 0 Å². The summed E-state index contributed by atoms with van der Waals surface area (Å²) < 4.78 is 5.39. The first kappa shape index (κ1) is 22.8. The predicted octanol–water partition coefficient (Wildman–Crippen LogP) is 5.38. The highest BCUT2D eigenvalue weighted by Crippen LogP contribution is 2.28. The van der Waals surface area contributed by atoms with Crippen molar-refractivity contribution in [1.29, 1.82) is 0 Å². The molecule has 4 aromatic rings. The highest BCUT2D eigenvalue weighted by molar-refractivity contribution is 6.07. The second kappa shape index (κ2) is 10.5. The number of carbonyl (C=O) groups excluding carboxylic acids is 1. The van der Waals surface area contributed by atoms with Crippen LogP contribution in [0.4, 0.5) is 0 Å². The van der Waals surface area contributed by atoms with E-state index in [0.717, 1.165) is 47.5 Å². The molecule has 1 fully saturated rings. The Balaban J connectivity index is 1.33. The number of para-hydroxylation sites is 1. The van der Waals surface area contributed by atoms with Gasteiger partial charge in [-0.25, -0.2) is 4.98 Å². The van der Waals surface area contributed by atoms with Crippen molar-refractivity contribution in [3.8, 4) is 17.0 Å². The molecule has 0 spiro atoms. The minimum atomic E-state index is 0.0622. The Morgan fingerprint density at radius 1 is 0.914 bits per heavy atom. The topological polar surface area (TPSA) is 45.7 Å². The van der Waals surface area contributed by atoms with Crippen LogP contribution in [0.2, 0.25) is 0 Å². The summed E-state index contributed by atoms with van der Waals surface area (Å²) in [5.41, 5.74) is 4.43. The molecule has 3 aromatic carbocycles. The number of ether oxygens (including phenoxy) is 1. The van der Waals surface area contributed by atoms with E-state index in [1.165, 1.54) is 5.56 Å². The number of hydrogen-bond acceptors (Lipinski definition) is 4. The van der Waals surface area contributed by atoms with Gasteiger partial charge < -0.3 is 9.64 Å². The molecule has 0 saturated carbocycles. The second-order valence-corrected chi connectivity index (χ2v) is 8.71. The molecule has 0 N–H and O–H groups in total. The van der Waals surface area contributed by atoms with Crippen LogP contribution in [0, 0.1) is 0 Å². The molecular weight excluding hydrogens is 434 g/mol. The molecule has 1 aliphatic heterocycles. The molecule has 1 aromatic heterocycles. The van der Waals surface area contributed by atoms with Crippen molar-refractivity contribution in [3.05, 3.63) is 102 Å². The fourth-order valence-electron chi connectivity index (χ4n) is 4.49. The van der Waals surface area contributed by atoms with Crippen LogP contribution >= 0.6 is 0 Å². The zero-order chi connectivity index (χ0) is 24.0. The molecule has 1 saturated heterocycles. The first-order valence-corrected chi connectivity index (χ1v) is 12.0. The van der Waals surface area contributed by atoms with Crippen LogP contribution in [0.15, 0.2) is 91.0 Å². The van der Waals surface area contributed by atoms with Crippen LogP contribution in [0.3, 0.4) is 0 Å². The van der Waals surface area contributed by atoms with E-state index in [0.29, 0.717) is 18.7 Å². The minimum Gasteiger partial charge on any atom is -0.497 e.